The summed E-state index contributed by atoms with van der Waals surface area (Å²) in [5.41, 5.74) is 2.16. The van der Waals surface area contributed by atoms with Crippen LogP contribution in [0.4, 0.5) is 5.69 Å². The summed E-state index contributed by atoms with van der Waals surface area (Å²) in [4.78, 5) is 6.45. The molecule has 0 aliphatic carbocycles. The van der Waals surface area contributed by atoms with Gasteiger partial charge in [0.05, 0.1) is 0 Å². The third-order valence-electron chi connectivity index (χ3n) is 4.33. The molecule has 0 aromatic carbocycles. The van der Waals surface area contributed by atoms with Gasteiger partial charge in [-0.1, -0.05) is 0 Å². The zero-order chi connectivity index (χ0) is 12.4. The summed E-state index contributed by atoms with van der Waals surface area (Å²) in [7, 11) is 0. The van der Waals surface area contributed by atoms with Gasteiger partial charge in [0.2, 0.25) is 0 Å². The van der Waals surface area contributed by atoms with Gasteiger partial charge >= 0.3 is 0 Å². The molecule has 0 saturated carbocycles. The van der Waals surface area contributed by atoms with Crippen molar-refractivity contribution in [3.63, 3.8) is 0 Å². The third kappa shape index (κ3) is 2.06. The lowest BCUT2D eigenvalue weighted by Crippen LogP contribution is -2.38. The molecule has 0 unspecified atom stereocenters. The van der Waals surface area contributed by atoms with E-state index in [4.69, 9.17) is 5.26 Å². The van der Waals surface area contributed by atoms with E-state index in [0.717, 1.165) is 31.9 Å². The Morgan fingerprint density at radius 2 is 2.17 bits per heavy atom. The molecule has 0 radical (unpaired) electrons. The van der Waals surface area contributed by atoms with Crippen molar-refractivity contribution in [2.45, 2.75) is 19.3 Å². The van der Waals surface area contributed by atoms with E-state index in [1.165, 1.54) is 19.3 Å². The molecule has 3 heterocycles. The van der Waals surface area contributed by atoms with Crippen LogP contribution in [0.1, 0.15) is 25.0 Å². The van der Waals surface area contributed by atoms with E-state index in [1.54, 1.807) is 6.20 Å². The van der Waals surface area contributed by atoms with Gasteiger partial charge in [-0.05, 0) is 49.9 Å². The Kier molecular flexibility index (Phi) is 2.92. The van der Waals surface area contributed by atoms with Crippen molar-refractivity contribution < 1.29 is 0 Å². The van der Waals surface area contributed by atoms with Crippen molar-refractivity contribution in [3.05, 3.63) is 24.0 Å². The van der Waals surface area contributed by atoms with Gasteiger partial charge < -0.3 is 10.2 Å². The predicted molar refractivity (Wildman–Crippen MR) is 70.3 cm³/mol. The highest BCUT2D eigenvalue weighted by molar-refractivity contribution is 5.50. The Hall–Kier alpha value is -1.60. The van der Waals surface area contributed by atoms with E-state index in [9.17, 15) is 0 Å². The van der Waals surface area contributed by atoms with Gasteiger partial charge in [0, 0.05) is 25.0 Å². The number of piperidine rings is 1. The summed E-state index contributed by atoms with van der Waals surface area (Å²) in [5, 5.41) is 12.3. The first-order valence-electron chi connectivity index (χ1n) is 6.63. The predicted octanol–water partition coefficient (Wildman–Crippen LogP) is 1.53. The summed E-state index contributed by atoms with van der Waals surface area (Å²) in [5.74, 6) is 0. The van der Waals surface area contributed by atoms with Crippen LogP contribution in [0, 0.1) is 16.7 Å². The van der Waals surface area contributed by atoms with Crippen molar-refractivity contribution >= 4 is 5.69 Å². The number of rotatable bonds is 1. The molecule has 4 heteroatoms. The summed E-state index contributed by atoms with van der Waals surface area (Å²) in [6.45, 7) is 4.53. The molecule has 1 N–H and O–H groups in total. The van der Waals surface area contributed by atoms with Gasteiger partial charge in [-0.15, -0.1) is 0 Å². The number of hydrogen-bond acceptors (Lipinski definition) is 4. The fourth-order valence-corrected chi connectivity index (χ4v) is 3.20. The number of anilines is 1. The Balaban J connectivity index is 1.77. The van der Waals surface area contributed by atoms with Crippen molar-refractivity contribution in [3.8, 4) is 6.07 Å². The van der Waals surface area contributed by atoms with E-state index < -0.39 is 0 Å². The molecule has 0 atom stereocenters. The third-order valence-corrected chi connectivity index (χ3v) is 4.33. The maximum Gasteiger partial charge on any atom is 0.142 e. The molecule has 1 spiro atoms. The Morgan fingerprint density at radius 3 is 2.94 bits per heavy atom. The van der Waals surface area contributed by atoms with Crippen LogP contribution >= 0.6 is 0 Å². The minimum atomic E-state index is 0.501. The van der Waals surface area contributed by atoms with Gasteiger partial charge in [-0.3, -0.25) is 0 Å². The van der Waals surface area contributed by atoms with Crippen LogP contribution in [0.3, 0.4) is 0 Å². The summed E-state index contributed by atoms with van der Waals surface area (Å²) in [6, 6.07) is 6.03. The van der Waals surface area contributed by atoms with E-state index in [-0.39, 0.29) is 0 Å². The van der Waals surface area contributed by atoms with Crippen LogP contribution in [0.5, 0.6) is 0 Å². The number of nitriles is 1. The molecule has 0 bridgehead atoms. The highest BCUT2D eigenvalue weighted by Crippen LogP contribution is 2.40. The lowest BCUT2D eigenvalue weighted by Gasteiger charge is -2.34. The molecule has 2 aliphatic heterocycles. The molecule has 2 aliphatic rings. The zero-order valence-corrected chi connectivity index (χ0v) is 10.5. The van der Waals surface area contributed by atoms with Gasteiger partial charge in [0.25, 0.3) is 0 Å². The number of aromatic nitrogens is 1. The Labute approximate surface area is 108 Å². The van der Waals surface area contributed by atoms with E-state index >= 15 is 0 Å². The Bertz CT molecular complexity index is 471. The lowest BCUT2D eigenvalue weighted by molar-refractivity contribution is 0.232. The highest BCUT2D eigenvalue weighted by atomic mass is 15.2. The standard InChI is InChI=1S/C14H18N4/c15-10-12-9-13(1-5-17-12)18-8-4-14(11-18)2-6-16-7-3-14/h1,5,9,16H,2-4,6-8,11H2. The molecular weight excluding hydrogens is 224 g/mol. The highest BCUT2D eigenvalue weighted by Gasteiger charge is 2.38. The van der Waals surface area contributed by atoms with Crippen LogP contribution in [0.15, 0.2) is 18.3 Å². The number of nitrogens with zero attached hydrogens (tertiary/aromatic N) is 3. The monoisotopic (exact) mass is 242 g/mol. The maximum atomic E-state index is 8.91. The zero-order valence-electron chi connectivity index (χ0n) is 10.5. The molecule has 2 saturated heterocycles. The minimum Gasteiger partial charge on any atom is -0.371 e. The van der Waals surface area contributed by atoms with E-state index in [0.29, 0.717) is 11.1 Å². The van der Waals surface area contributed by atoms with E-state index in [1.807, 2.05) is 12.1 Å². The van der Waals surface area contributed by atoms with Crippen LogP contribution in [-0.4, -0.2) is 31.2 Å². The first-order chi connectivity index (χ1) is 8.81. The fourth-order valence-electron chi connectivity index (χ4n) is 3.20. The summed E-state index contributed by atoms with van der Waals surface area (Å²) >= 11 is 0. The average Bonchev–Trinajstić information content (AvgIpc) is 2.83. The van der Waals surface area contributed by atoms with Gasteiger partial charge in [-0.25, -0.2) is 4.98 Å². The topological polar surface area (TPSA) is 52.0 Å². The number of pyridine rings is 1. The van der Waals surface area contributed by atoms with Gasteiger partial charge in [0.15, 0.2) is 0 Å². The second-order valence-electron chi connectivity index (χ2n) is 5.43. The second kappa shape index (κ2) is 4.58. The van der Waals surface area contributed by atoms with Gasteiger partial charge in [-0.2, -0.15) is 5.26 Å². The molecular formula is C14H18N4. The van der Waals surface area contributed by atoms with Crippen molar-refractivity contribution in [1.29, 1.82) is 5.26 Å². The molecule has 18 heavy (non-hydrogen) atoms. The van der Waals surface area contributed by atoms with Gasteiger partial charge in [0.1, 0.15) is 11.8 Å². The molecule has 1 aromatic heterocycles. The summed E-state index contributed by atoms with van der Waals surface area (Å²) < 4.78 is 0. The quantitative estimate of drug-likeness (QED) is 0.811. The molecule has 3 rings (SSSR count). The molecule has 0 amide bonds. The van der Waals surface area contributed by atoms with Crippen molar-refractivity contribution in [2.75, 3.05) is 31.1 Å². The largest absolute Gasteiger partial charge is 0.371 e. The van der Waals surface area contributed by atoms with Crippen LogP contribution < -0.4 is 10.2 Å². The van der Waals surface area contributed by atoms with E-state index in [2.05, 4.69) is 21.3 Å². The van der Waals surface area contributed by atoms with Crippen LogP contribution in [-0.2, 0) is 0 Å². The molecule has 94 valence electrons. The Morgan fingerprint density at radius 1 is 1.33 bits per heavy atom. The van der Waals surface area contributed by atoms with Crippen LogP contribution in [0.2, 0.25) is 0 Å². The average molecular weight is 242 g/mol. The molecule has 4 nitrogen and oxygen atoms in total. The number of hydrogen-bond donors (Lipinski definition) is 1. The first kappa shape index (κ1) is 11.5. The fraction of sp³-hybridized carbons (Fsp3) is 0.571. The minimum absolute atomic E-state index is 0.501. The van der Waals surface area contributed by atoms with Crippen LogP contribution in [0.25, 0.3) is 0 Å². The van der Waals surface area contributed by atoms with Crippen molar-refractivity contribution in [1.82, 2.24) is 10.3 Å². The summed E-state index contributed by atoms with van der Waals surface area (Å²) in [6.07, 6.45) is 5.57. The normalized spacial score (nSPS) is 22.1. The number of nitrogens with one attached hydrogen (secondary N) is 1. The maximum absolute atomic E-state index is 8.91. The van der Waals surface area contributed by atoms with Crippen molar-refractivity contribution in [2.24, 2.45) is 5.41 Å². The molecule has 1 aromatic rings. The SMILES string of the molecule is N#Cc1cc(N2CCC3(CCNCC3)C2)ccn1. The first-order valence-corrected chi connectivity index (χ1v) is 6.63. The second-order valence-corrected chi connectivity index (χ2v) is 5.43. The lowest BCUT2D eigenvalue weighted by atomic mass is 9.78. The smallest absolute Gasteiger partial charge is 0.142 e. The molecule has 2 fully saturated rings.